The van der Waals surface area contributed by atoms with E-state index in [-0.39, 0.29) is 5.91 Å². The van der Waals surface area contributed by atoms with E-state index in [9.17, 15) is 4.79 Å². The number of aromatic nitrogens is 4. The summed E-state index contributed by atoms with van der Waals surface area (Å²) in [6, 6.07) is 0.963. The van der Waals surface area contributed by atoms with E-state index < -0.39 is 0 Å². The maximum atomic E-state index is 12.8. The third-order valence-electron chi connectivity index (χ3n) is 5.19. The van der Waals surface area contributed by atoms with Crippen LogP contribution in [-0.2, 0) is 7.05 Å². The molecule has 27 heavy (non-hydrogen) atoms. The predicted octanol–water partition coefficient (Wildman–Crippen LogP) is 2.38. The number of hydrogen-bond acceptors (Lipinski definition) is 7. The van der Waals surface area contributed by atoms with Gasteiger partial charge in [-0.3, -0.25) is 9.48 Å². The summed E-state index contributed by atoms with van der Waals surface area (Å²) in [5.74, 6) is 0.650. The topological polar surface area (TPSA) is 88.0 Å². The third kappa shape index (κ3) is 3.01. The molecule has 8 nitrogen and oxygen atoms in total. The Bertz CT molecular complexity index is 1020. The Kier molecular flexibility index (Phi) is 4.14. The first-order chi connectivity index (χ1) is 13.1. The molecule has 2 unspecified atom stereocenters. The molecule has 1 amide bonds. The molecule has 6 rings (SSSR count). The molecule has 0 aromatic carbocycles. The molecule has 3 aromatic rings. The molecule has 140 valence electrons. The molecule has 0 saturated carbocycles. The Morgan fingerprint density at radius 2 is 2.33 bits per heavy atom. The van der Waals surface area contributed by atoms with E-state index in [0.717, 1.165) is 23.7 Å². The van der Waals surface area contributed by atoms with E-state index >= 15 is 0 Å². The number of rotatable bonds is 3. The average molecular weight is 448 g/mol. The summed E-state index contributed by atoms with van der Waals surface area (Å²) < 4.78 is 2.24. The van der Waals surface area contributed by atoms with Gasteiger partial charge >= 0.3 is 0 Å². The van der Waals surface area contributed by atoms with Crippen LogP contribution in [-0.4, -0.2) is 50.8 Å². The highest BCUT2D eigenvalue weighted by Crippen LogP contribution is 2.30. The van der Waals surface area contributed by atoms with Gasteiger partial charge in [0.1, 0.15) is 16.2 Å². The van der Waals surface area contributed by atoms with Crippen molar-refractivity contribution in [2.75, 3.05) is 23.3 Å². The molecule has 3 fully saturated rings. The number of piperidine rings is 2. The van der Waals surface area contributed by atoms with Crippen LogP contribution in [0.4, 0.5) is 11.5 Å². The number of halogens is 1. The van der Waals surface area contributed by atoms with Crippen molar-refractivity contribution >= 4 is 55.0 Å². The van der Waals surface area contributed by atoms with E-state index in [2.05, 4.69) is 41.5 Å². The van der Waals surface area contributed by atoms with Gasteiger partial charge in [0.05, 0.1) is 17.4 Å². The second-order valence-electron chi connectivity index (χ2n) is 6.98. The van der Waals surface area contributed by atoms with Crippen LogP contribution in [0.3, 0.4) is 0 Å². The minimum Gasteiger partial charge on any atom is -0.349 e. The van der Waals surface area contributed by atoms with Crippen LogP contribution in [0.15, 0.2) is 22.4 Å². The summed E-state index contributed by atoms with van der Waals surface area (Å²) in [4.78, 5) is 25.3. The number of aryl methyl sites for hydroxylation is 1. The first-order valence-electron chi connectivity index (χ1n) is 8.83. The molecule has 0 aliphatic carbocycles. The van der Waals surface area contributed by atoms with Crippen molar-refractivity contribution in [3.63, 3.8) is 0 Å². The number of nitrogens with zero attached hydrogens (tertiary/aromatic N) is 5. The lowest BCUT2D eigenvalue weighted by Gasteiger charge is -2.46. The fourth-order valence-corrected chi connectivity index (χ4v) is 5.11. The average Bonchev–Trinajstić information content (AvgIpc) is 3.24. The van der Waals surface area contributed by atoms with E-state index in [1.54, 1.807) is 17.9 Å². The highest BCUT2D eigenvalue weighted by Gasteiger charge is 2.34. The fourth-order valence-electron chi connectivity index (χ4n) is 3.82. The SMILES string of the molecule is Cn1cc(NC(=O)c2csc3ncc(N4CC5CCC4CN5)nc23)c(Br)n1. The van der Waals surface area contributed by atoms with Gasteiger partial charge in [0.15, 0.2) is 4.60 Å². The van der Waals surface area contributed by atoms with Crippen molar-refractivity contribution in [3.05, 3.63) is 27.9 Å². The van der Waals surface area contributed by atoms with Crippen molar-refractivity contribution in [3.8, 4) is 0 Å². The predicted molar refractivity (Wildman–Crippen MR) is 108 cm³/mol. The lowest BCUT2D eigenvalue weighted by atomic mass is 9.93. The van der Waals surface area contributed by atoms with E-state index in [1.807, 2.05) is 11.6 Å². The molecule has 2 atom stereocenters. The Morgan fingerprint density at radius 3 is 3.00 bits per heavy atom. The Morgan fingerprint density at radius 1 is 1.44 bits per heavy atom. The number of fused-ring (bicyclic) bond motifs is 4. The molecular formula is C17H18BrN7OS. The molecule has 0 radical (unpaired) electrons. The van der Waals surface area contributed by atoms with Crippen molar-refractivity contribution in [1.82, 2.24) is 25.1 Å². The standard InChI is InChI=1S/C17H18BrN7OS/c1-24-7-12(15(18)23-24)21-16(26)11-8-27-17-14(11)22-13(5-20-17)25-6-9-2-3-10(25)4-19-9/h5,7-10,19H,2-4,6H2,1H3,(H,21,26). The molecular weight excluding hydrogens is 430 g/mol. The second kappa shape index (κ2) is 6.54. The summed E-state index contributed by atoms with van der Waals surface area (Å²) >= 11 is 4.79. The monoisotopic (exact) mass is 447 g/mol. The molecule has 3 aliphatic heterocycles. The molecule has 10 heteroatoms. The zero-order valence-corrected chi connectivity index (χ0v) is 17.0. The van der Waals surface area contributed by atoms with E-state index in [4.69, 9.17) is 4.98 Å². The van der Waals surface area contributed by atoms with Crippen molar-refractivity contribution in [2.24, 2.45) is 7.05 Å². The lowest BCUT2D eigenvalue weighted by molar-refractivity contribution is 0.102. The second-order valence-corrected chi connectivity index (χ2v) is 8.59. The van der Waals surface area contributed by atoms with Crippen molar-refractivity contribution in [2.45, 2.75) is 24.9 Å². The Hall–Kier alpha value is -2.04. The van der Waals surface area contributed by atoms with Crippen LogP contribution >= 0.6 is 27.3 Å². The smallest absolute Gasteiger partial charge is 0.258 e. The normalized spacial score (nSPS) is 21.8. The summed E-state index contributed by atoms with van der Waals surface area (Å²) in [5, 5.41) is 12.5. The molecule has 6 heterocycles. The summed E-state index contributed by atoms with van der Waals surface area (Å²) in [7, 11) is 1.80. The van der Waals surface area contributed by atoms with Crippen LogP contribution in [0, 0.1) is 0 Å². The van der Waals surface area contributed by atoms with Gasteiger partial charge < -0.3 is 15.5 Å². The van der Waals surface area contributed by atoms with Crippen LogP contribution in [0.5, 0.6) is 0 Å². The Balaban J connectivity index is 1.46. The van der Waals surface area contributed by atoms with Crippen molar-refractivity contribution in [1.29, 1.82) is 0 Å². The molecule has 2 bridgehead atoms. The number of nitrogens with one attached hydrogen (secondary N) is 2. The van der Waals surface area contributed by atoms with Crippen LogP contribution in [0.1, 0.15) is 23.2 Å². The number of carbonyl (C=O) groups excluding carboxylic acids is 1. The number of anilines is 2. The molecule has 2 N–H and O–H groups in total. The van der Waals surface area contributed by atoms with E-state index in [1.165, 1.54) is 24.2 Å². The van der Waals surface area contributed by atoms with Crippen LogP contribution in [0.2, 0.25) is 0 Å². The first kappa shape index (κ1) is 17.1. The van der Waals surface area contributed by atoms with Gasteiger partial charge in [0.2, 0.25) is 0 Å². The van der Waals surface area contributed by atoms with Gasteiger partial charge in [-0.25, -0.2) is 9.97 Å². The highest BCUT2D eigenvalue weighted by molar-refractivity contribution is 9.10. The molecule has 0 spiro atoms. The molecule has 3 aliphatic rings. The highest BCUT2D eigenvalue weighted by atomic mass is 79.9. The van der Waals surface area contributed by atoms with Gasteiger partial charge in [-0.15, -0.1) is 11.3 Å². The van der Waals surface area contributed by atoms with Gasteiger partial charge in [-0.2, -0.15) is 5.10 Å². The maximum Gasteiger partial charge on any atom is 0.258 e. The van der Waals surface area contributed by atoms with E-state index in [0.29, 0.717) is 33.5 Å². The third-order valence-corrected chi connectivity index (χ3v) is 6.65. The van der Waals surface area contributed by atoms with Gasteiger partial charge in [-0.05, 0) is 28.8 Å². The fraction of sp³-hybridized carbons (Fsp3) is 0.412. The quantitative estimate of drug-likeness (QED) is 0.640. The molecule has 3 aromatic heterocycles. The first-order valence-corrected chi connectivity index (χ1v) is 10.5. The summed E-state index contributed by atoms with van der Waals surface area (Å²) in [6.45, 7) is 1.93. The minimum atomic E-state index is -0.205. The Labute approximate surface area is 168 Å². The summed E-state index contributed by atoms with van der Waals surface area (Å²) in [6.07, 6.45) is 5.97. The largest absolute Gasteiger partial charge is 0.349 e. The van der Waals surface area contributed by atoms with Gasteiger partial charge in [-0.1, -0.05) is 0 Å². The lowest BCUT2D eigenvalue weighted by Crippen LogP contribution is -2.61. The number of amides is 1. The zero-order chi connectivity index (χ0) is 18.5. The van der Waals surface area contributed by atoms with Gasteiger partial charge in [0.25, 0.3) is 5.91 Å². The maximum absolute atomic E-state index is 12.8. The minimum absolute atomic E-state index is 0.205. The number of hydrogen-bond donors (Lipinski definition) is 2. The van der Waals surface area contributed by atoms with Gasteiger partial charge in [0, 0.05) is 43.8 Å². The van der Waals surface area contributed by atoms with Crippen LogP contribution < -0.4 is 15.5 Å². The number of thiophene rings is 1. The number of carbonyl (C=O) groups is 1. The molecule has 3 saturated heterocycles. The zero-order valence-electron chi connectivity index (χ0n) is 14.6. The summed E-state index contributed by atoms with van der Waals surface area (Å²) in [5.41, 5.74) is 1.83. The number of piperazine rings is 1. The van der Waals surface area contributed by atoms with Crippen molar-refractivity contribution < 1.29 is 4.79 Å². The van der Waals surface area contributed by atoms with Crippen LogP contribution in [0.25, 0.3) is 10.3 Å².